The third-order valence-corrected chi connectivity index (χ3v) is 5.87. The van der Waals surface area contributed by atoms with Gasteiger partial charge in [0, 0.05) is 26.2 Å². The Morgan fingerprint density at radius 2 is 2.09 bits per heavy atom. The van der Waals surface area contributed by atoms with Crippen LogP contribution in [-0.2, 0) is 17.9 Å². The highest BCUT2D eigenvalue weighted by molar-refractivity contribution is 5.80. The molecule has 1 saturated heterocycles. The zero-order chi connectivity index (χ0) is 15.0. The number of rotatable bonds is 1. The van der Waals surface area contributed by atoms with Crippen molar-refractivity contribution in [3.63, 3.8) is 0 Å². The molecule has 1 aliphatic carbocycles. The molecule has 0 aromatic carbocycles. The van der Waals surface area contributed by atoms with Gasteiger partial charge in [-0.2, -0.15) is 0 Å². The molecule has 1 aromatic heterocycles. The number of fused-ring (bicyclic) bond motifs is 1. The molecule has 4 rings (SSSR count). The predicted molar refractivity (Wildman–Crippen MR) is 81.9 cm³/mol. The quantitative estimate of drug-likeness (QED) is 0.846. The highest BCUT2D eigenvalue weighted by Crippen LogP contribution is 2.45. The van der Waals surface area contributed by atoms with Gasteiger partial charge in [0.15, 0.2) is 0 Å². The summed E-state index contributed by atoms with van der Waals surface area (Å²) in [5.41, 5.74) is 1.29. The van der Waals surface area contributed by atoms with Crippen LogP contribution in [0.2, 0.25) is 0 Å². The molecule has 22 heavy (non-hydrogen) atoms. The highest BCUT2D eigenvalue weighted by atomic mass is 16.2. The molecule has 3 heterocycles. The molecular formula is C16H25N5O. The van der Waals surface area contributed by atoms with Crippen LogP contribution in [-0.4, -0.2) is 45.4 Å². The Balaban J connectivity index is 1.53. The first-order valence-corrected chi connectivity index (χ1v) is 8.65. The molecule has 1 N–H and O–H groups in total. The van der Waals surface area contributed by atoms with E-state index in [0.717, 1.165) is 38.3 Å². The van der Waals surface area contributed by atoms with Crippen molar-refractivity contribution in [3.8, 4) is 0 Å². The fourth-order valence-corrected chi connectivity index (χ4v) is 4.62. The molecule has 3 aliphatic rings. The number of aryl methyl sites for hydroxylation is 1. The van der Waals surface area contributed by atoms with Crippen LogP contribution in [0.5, 0.6) is 0 Å². The summed E-state index contributed by atoms with van der Waals surface area (Å²) in [5, 5.41) is 11.6. The van der Waals surface area contributed by atoms with Gasteiger partial charge in [0.1, 0.15) is 0 Å². The largest absolute Gasteiger partial charge is 0.336 e. The number of hydrogen-bond donors (Lipinski definition) is 1. The van der Waals surface area contributed by atoms with Crippen molar-refractivity contribution in [2.24, 2.45) is 11.3 Å². The number of nitrogens with zero attached hydrogens (tertiary/aromatic N) is 4. The molecule has 120 valence electrons. The Hall–Kier alpha value is -1.43. The molecule has 0 bridgehead atoms. The van der Waals surface area contributed by atoms with Crippen LogP contribution < -0.4 is 5.32 Å². The van der Waals surface area contributed by atoms with Crippen molar-refractivity contribution in [2.45, 2.75) is 51.6 Å². The van der Waals surface area contributed by atoms with Crippen LogP contribution in [0.15, 0.2) is 6.20 Å². The second-order valence-electron chi connectivity index (χ2n) is 7.17. The van der Waals surface area contributed by atoms with Crippen molar-refractivity contribution in [1.29, 1.82) is 0 Å². The number of carbonyl (C=O) groups excluding carboxylic acids is 1. The zero-order valence-corrected chi connectivity index (χ0v) is 13.1. The lowest BCUT2D eigenvalue weighted by atomic mass is 9.67. The predicted octanol–water partition coefficient (Wildman–Crippen LogP) is 1.18. The molecule has 2 fully saturated rings. The fourth-order valence-electron chi connectivity index (χ4n) is 4.62. The maximum Gasteiger partial charge on any atom is 0.227 e. The molecule has 1 aromatic rings. The average Bonchev–Trinajstić information content (AvgIpc) is 3.09. The number of carbonyl (C=O) groups is 1. The summed E-state index contributed by atoms with van der Waals surface area (Å²) in [6.45, 7) is 4.25. The topological polar surface area (TPSA) is 63.1 Å². The summed E-state index contributed by atoms with van der Waals surface area (Å²) in [6, 6.07) is 0. The van der Waals surface area contributed by atoms with E-state index in [0.29, 0.717) is 12.5 Å². The first-order valence-electron chi connectivity index (χ1n) is 8.65. The van der Waals surface area contributed by atoms with Gasteiger partial charge in [-0.3, -0.25) is 4.79 Å². The SMILES string of the molecule is O=C(C1CNCC12CCCCC2)N1CCCn2nncc2C1. The van der Waals surface area contributed by atoms with Gasteiger partial charge < -0.3 is 10.2 Å². The summed E-state index contributed by atoms with van der Waals surface area (Å²) in [4.78, 5) is 15.2. The normalized spacial score (nSPS) is 27.6. The van der Waals surface area contributed by atoms with Crippen molar-refractivity contribution in [3.05, 3.63) is 11.9 Å². The van der Waals surface area contributed by atoms with Gasteiger partial charge in [0.25, 0.3) is 0 Å². The summed E-state index contributed by atoms with van der Waals surface area (Å²) in [6.07, 6.45) is 9.08. The number of nitrogens with one attached hydrogen (secondary N) is 1. The lowest BCUT2D eigenvalue weighted by molar-refractivity contribution is -0.139. The van der Waals surface area contributed by atoms with E-state index in [1.807, 2.05) is 4.68 Å². The van der Waals surface area contributed by atoms with Crippen molar-refractivity contribution >= 4 is 5.91 Å². The standard InChI is InChI=1S/C16H25N5O/c22-15(14-10-17-12-16(14)5-2-1-3-6-16)20-7-4-8-21-13(11-20)9-18-19-21/h9,14,17H,1-8,10-12H2. The van der Waals surface area contributed by atoms with Crippen molar-refractivity contribution in [1.82, 2.24) is 25.2 Å². The summed E-state index contributed by atoms with van der Waals surface area (Å²) in [5.74, 6) is 0.511. The van der Waals surface area contributed by atoms with Gasteiger partial charge in [0.05, 0.1) is 24.4 Å². The van der Waals surface area contributed by atoms with E-state index in [9.17, 15) is 4.79 Å². The van der Waals surface area contributed by atoms with Gasteiger partial charge in [-0.05, 0) is 24.7 Å². The van der Waals surface area contributed by atoms with E-state index in [1.165, 1.54) is 32.1 Å². The lowest BCUT2D eigenvalue weighted by Crippen LogP contribution is -2.44. The number of hydrogen-bond acceptors (Lipinski definition) is 4. The minimum absolute atomic E-state index is 0.162. The second-order valence-corrected chi connectivity index (χ2v) is 7.17. The minimum atomic E-state index is 0.162. The molecule has 1 saturated carbocycles. The molecule has 1 atom stereocenters. The highest BCUT2D eigenvalue weighted by Gasteiger charge is 2.48. The third kappa shape index (κ3) is 2.33. The van der Waals surface area contributed by atoms with Gasteiger partial charge >= 0.3 is 0 Å². The summed E-state index contributed by atoms with van der Waals surface area (Å²) in [7, 11) is 0. The van der Waals surface area contributed by atoms with Crippen molar-refractivity contribution < 1.29 is 4.79 Å². The third-order valence-electron chi connectivity index (χ3n) is 5.87. The first kappa shape index (κ1) is 14.2. The molecule has 0 radical (unpaired) electrons. The molecule has 6 heteroatoms. The van der Waals surface area contributed by atoms with E-state index in [-0.39, 0.29) is 11.3 Å². The Bertz CT molecular complexity index is 548. The zero-order valence-electron chi connectivity index (χ0n) is 13.1. The van der Waals surface area contributed by atoms with E-state index in [1.54, 1.807) is 6.20 Å². The second kappa shape index (κ2) is 5.65. The Labute approximate surface area is 131 Å². The Kier molecular flexibility index (Phi) is 3.64. The van der Waals surface area contributed by atoms with Crippen LogP contribution in [0.1, 0.15) is 44.2 Å². The van der Waals surface area contributed by atoms with Crippen LogP contribution in [0, 0.1) is 11.3 Å². The van der Waals surface area contributed by atoms with E-state index < -0.39 is 0 Å². The number of aromatic nitrogens is 3. The maximum atomic E-state index is 13.2. The van der Waals surface area contributed by atoms with E-state index in [2.05, 4.69) is 20.5 Å². The van der Waals surface area contributed by atoms with Gasteiger partial charge in [0.2, 0.25) is 5.91 Å². The van der Waals surface area contributed by atoms with Crippen LogP contribution in [0.4, 0.5) is 0 Å². The van der Waals surface area contributed by atoms with E-state index in [4.69, 9.17) is 0 Å². The molecule has 1 amide bonds. The van der Waals surface area contributed by atoms with Crippen LogP contribution in [0.25, 0.3) is 0 Å². The Morgan fingerprint density at radius 1 is 1.23 bits per heavy atom. The summed E-state index contributed by atoms with van der Waals surface area (Å²) < 4.78 is 1.94. The van der Waals surface area contributed by atoms with E-state index >= 15 is 0 Å². The van der Waals surface area contributed by atoms with Crippen LogP contribution in [0.3, 0.4) is 0 Å². The molecular weight excluding hydrogens is 278 g/mol. The molecule has 2 aliphatic heterocycles. The smallest absolute Gasteiger partial charge is 0.227 e. The van der Waals surface area contributed by atoms with Crippen molar-refractivity contribution in [2.75, 3.05) is 19.6 Å². The molecule has 1 unspecified atom stereocenters. The average molecular weight is 303 g/mol. The maximum absolute atomic E-state index is 13.2. The Morgan fingerprint density at radius 3 is 2.95 bits per heavy atom. The van der Waals surface area contributed by atoms with Gasteiger partial charge in [-0.15, -0.1) is 5.10 Å². The number of amides is 1. The van der Waals surface area contributed by atoms with Gasteiger partial charge in [-0.1, -0.05) is 24.5 Å². The minimum Gasteiger partial charge on any atom is -0.336 e. The molecule has 6 nitrogen and oxygen atoms in total. The monoisotopic (exact) mass is 303 g/mol. The lowest BCUT2D eigenvalue weighted by Gasteiger charge is -2.39. The first-order chi connectivity index (χ1) is 10.8. The van der Waals surface area contributed by atoms with Crippen LogP contribution >= 0.6 is 0 Å². The summed E-state index contributed by atoms with van der Waals surface area (Å²) >= 11 is 0. The van der Waals surface area contributed by atoms with Gasteiger partial charge in [-0.25, -0.2) is 4.68 Å². The fraction of sp³-hybridized carbons (Fsp3) is 0.812. The molecule has 1 spiro atoms.